The molecule has 0 spiro atoms. The Morgan fingerprint density at radius 3 is 2.35 bits per heavy atom. The van der Waals surface area contributed by atoms with Crippen molar-refractivity contribution in [3.05, 3.63) is 42.0 Å². The minimum absolute atomic E-state index is 0.378. The van der Waals surface area contributed by atoms with E-state index in [-0.39, 0.29) is 0 Å². The van der Waals surface area contributed by atoms with Crippen LogP contribution in [0.2, 0.25) is 0 Å². The quantitative estimate of drug-likeness (QED) is 0.613. The normalized spacial score (nSPS) is 21.1. The molecule has 1 aliphatic carbocycles. The Morgan fingerprint density at radius 1 is 0.962 bits per heavy atom. The van der Waals surface area contributed by atoms with Crippen LogP contribution >= 0.6 is 0 Å². The molecule has 1 fully saturated rings. The predicted octanol–water partition coefficient (Wildman–Crippen LogP) is 6.32. The summed E-state index contributed by atoms with van der Waals surface area (Å²) in [6.45, 7) is 11.3. The number of hydrogen-bond acceptors (Lipinski definition) is 2. The topological polar surface area (TPSA) is 21.3 Å². The second-order valence-corrected chi connectivity index (χ2v) is 8.98. The highest BCUT2D eigenvalue weighted by Crippen LogP contribution is 2.39. The Balaban J connectivity index is 1.60. The molecule has 0 atom stereocenters. The molecular weight excluding hydrogens is 318 g/mol. The predicted molar refractivity (Wildman–Crippen MR) is 112 cm³/mol. The Kier molecular flexibility index (Phi) is 6.24. The number of benzene rings is 2. The smallest absolute Gasteiger partial charge is 0.120 e. The van der Waals surface area contributed by atoms with E-state index in [1.807, 2.05) is 0 Å². The molecule has 1 aliphatic rings. The van der Waals surface area contributed by atoms with Gasteiger partial charge in [-0.15, -0.1) is 0 Å². The van der Waals surface area contributed by atoms with Crippen LogP contribution < -0.4 is 10.1 Å². The third-order valence-corrected chi connectivity index (χ3v) is 5.83. The maximum atomic E-state index is 6.32. The summed E-state index contributed by atoms with van der Waals surface area (Å²) in [7, 11) is 0. The van der Waals surface area contributed by atoms with Crippen molar-refractivity contribution in [3.63, 3.8) is 0 Å². The monoisotopic (exact) mass is 353 g/mol. The maximum Gasteiger partial charge on any atom is 0.120 e. The number of nitrogens with one attached hydrogen (secondary N) is 1. The number of rotatable bonds is 6. The molecule has 0 aliphatic heterocycles. The molecule has 0 radical (unpaired) electrons. The summed E-state index contributed by atoms with van der Waals surface area (Å²) in [4.78, 5) is 0. The Labute approximate surface area is 159 Å². The van der Waals surface area contributed by atoms with Gasteiger partial charge in [0, 0.05) is 6.54 Å². The zero-order valence-electron chi connectivity index (χ0n) is 17.0. The van der Waals surface area contributed by atoms with Crippen LogP contribution in [0.4, 0.5) is 0 Å². The third kappa shape index (κ3) is 5.01. The molecule has 2 aromatic rings. The Bertz CT molecular complexity index is 708. The van der Waals surface area contributed by atoms with Crippen LogP contribution in [0.25, 0.3) is 10.8 Å². The van der Waals surface area contributed by atoms with E-state index in [9.17, 15) is 0 Å². The van der Waals surface area contributed by atoms with Crippen molar-refractivity contribution in [3.8, 4) is 5.75 Å². The van der Waals surface area contributed by atoms with Crippen molar-refractivity contribution >= 4 is 10.8 Å². The van der Waals surface area contributed by atoms with Crippen molar-refractivity contribution in [2.45, 2.75) is 72.4 Å². The molecule has 0 amide bonds. The zero-order chi connectivity index (χ0) is 18.6. The lowest BCUT2D eigenvalue weighted by Gasteiger charge is -2.37. The molecule has 142 valence electrons. The first-order valence-electron chi connectivity index (χ1n) is 10.4. The van der Waals surface area contributed by atoms with E-state index in [1.165, 1.54) is 48.4 Å². The molecule has 26 heavy (non-hydrogen) atoms. The van der Waals surface area contributed by atoms with E-state index >= 15 is 0 Å². The van der Waals surface area contributed by atoms with E-state index in [0.29, 0.717) is 11.5 Å². The summed E-state index contributed by atoms with van der Waals surface area (Å²) in [5.41, 5.74) is 1.78. The minimum Gasteiger partial charge on any atom is -0.490 e. The number of ether oxygens (including phenoxy) is 1. The summed E-state index contributed by atoms with van der Waals surface area (Å²) in [6, 6.07) is 13.3. The van der Waals surface area contributed by atoms with Gasteiger partial charge in [-0.25, -0.2) is 0 Å². The molecule has 0 bridgehead atoms. The first-order chi connectivity index (χ1) is 12.5. The molecule has 0 aromatic heterocycles. The van der Waals surface area contributed by atoms with Gasteiger partial charge in [0.15, 0.2) is 0 Å². The second-order valence-electron chi connectivity index (χ2n) is 8.98. The van der Waals surface area contributed by atoms with Crippen LogP contribution in [-0.2, 0) is 6.54 Å². The molecule has 0 heterocycles. The van der Waals surface area contributed by atoms with E-state index in [4.69, 9.17) is 4.74 Å². The summed E-state index contributed by atoms with van der Waals surface area (Å²) in [6.07, 6.45) is 6.49. The molecule has 1 saturated carbocycles. The first-order valence-corrected chi connectivity index (χ1v) is 10.4. The lowest BCUT2D eigenvalue weighted by molar-refractivity contribution is 0.0883. The van der Waals surface area contributed by atoms with Crippen molar-refractivity contribution < 1.29 is 4.74 Å². The van der Waals surface area contributed by atoms with Gasteiger partial charge in [0.25, 0.3) is 0 Å². The molecule has 3 rings (SSSR count). The van der Waals surface area contributed by atoms with Gasteiger partial charge in [-0.05, 0) is 84.5 Å². The van der Waals surface area contributed by atoms with Gasteiger partial charge in [-0.1, -0.05) is 45.9 Å². The van der Waals surface area contributed by atoms with E-state index in [1.54, 1.807) is 0 Å². The molecular formula is C24H35NO. The van der Waals surface area contributed by atoms with Gasteiger partial charge in [0.1, 0.15) is 5.75 Å². The van der Waals surface area contributed by atoms with E-state index in [0.717, 1.165) is 24.8 Å². The fourth-order valence-electron chi connectivity index (χ4n) is 4.11. The second kappa shape index (κ2) is 8.43. The summed E-state index contributed by atoms with van der Waals surface area (Å²) >= 11 is 0. The van der Waals surface area contributed by atoms with Crippen molar-refractivity contribution in [1.29, 1.82) is 0 Å². The summed E-state index contributed by atoms with van der Waals surface area (Å²) < 4.78 is 6.32. The van der Waals surface area contributed by atoms with Gasteiger partial charge >= 0.3 is 0 Å². The highest BCUT2D eigenvalue weighted by atomic mass is 16.5. The van der Waals surface area contributed by atoms with Crippen LogP contribution in [0, 0.1) is 11.3 Å². The fourth-order valence-corrected chi connectivity index (χ4v) is 4.11. The molecule has 2 aromatic carbocycles. The lowest BCUT2D eigenvalue weighted by Crippen LogP contribution is -2.30. The fraction of sp³-hybridized carbons (Fsp3) is 0.583. The molecule has 2 nitrogen and oxygen atoms in total. The number of hydrogen-bond donors (Lipinski definition) is 1. The highest BCUT2D eigenvalue weighted by molar-refractivity contribution is 5.84. The van der Waals surface area contributed by atoms with Crippen LogP contribution in [0.1, 0.15) is 65.4 Å². The van der Waals surface area contributed by atoms with Crippen molar-refractivity contribution in [1.82, 2.24) is 5.32 Å². The van der Waals surface area contributed by atoms with Gasteiger partial charge in [-0.3, -0.25) is 0 Å². The van der Waals surface area contributed by atoms with Crippen molar-refractivity contribution in [2.24, 2.45) is 11.3 Å². The summed E-state index contributed by atoms with van der Waals surface area (Å²) in [5.74, 6) is 1.85. The largest absolute Gasteiger partial charge is 0.490 e. The van der Waals surface area contributed by atoms with Crippen LogP contribution in [-0.4, -0.2) is 12.6 Å². The van der Waals surface area contributed by atoms with E-state index < -0.39 is 0 Å². The number of fused-ring (bicyclic) bond motifs is 1. The molecule has 0 saturated heterocycles. The molecule has 1 N–H and O–H groups in total. The minimum atomic E-state index is 0.378. The average molecular weight is 354 g/mol. The Hall–Kier alpha value is -1.54. The lowest BCUT2D eigenvalue weighted by atomic mass is 9.72. The standard InChI is InChI=1S/C24H35NO/c1-5-14-25-17-18-6-7-20-16-23(11-8-19(20)15-18)26-22-12-9-21(10-13-22)24(2,3)4/h6-8,11,15-16,21-22,25H,5,9-10,12-14,17H2,1-4H3/t21-,22-. The molecule has 2 heteroatoms. The highest BCUT2D eigenvalue weighted by Gasteiger charge is 2.30. The van der Waals surface area contributed by atoms with Crippen LogP contribution in [0.3, 0.4) is 0 Å². The van der Waals surface area contributed by atoms with Gasteiger partial charge in [-0.2, -0.15) is 0 Å². The summed E-state index contributed by atoms with van der Waals surface area (Å²) in [5, 5.41) is 6.04. The van der Waals surface area contributed by atoms with Gasteiger partial charge < -0.3 is 10.1 Å². The van der Waals surface area contributed by atoms with E-state index in [2.05, 4.69) is 69.4 Å². The van der Waals surface area contributed by atoms with Crippen LogP contribution in [0.15, 0.2) is 36.4 Å². The average Bonchev–Trinajstić information content (AvgIpc) is 2.62. The Morgan fingerprint density at radius 2 is 1.65 bits per heavy atom. The zero-order valence-corrected chi connectivity index (χ0v) is 17.0. The third-order valence-electron chi connectivity index (χ3n) is 5.83. The maximum absolute atomic E-state index is 6.32. The molecule has 0 unspecified atom stereocenters. The van der Waals surface area contributed by atoms with Crippen molar-refractivity contribution in [2.75, 3.05) is 6.54 Å². The first kappa shape index (κ1) is 19.2. The van der Waals surface area contributed by atoms with Gasteiger partial charge in [0.05, 0.1) is 6.10 Å². The van der Waals surface area contributed by atoms with Crippen LogP contribution in [0.5, 0.6) is 5.75 Å². The van der Waals surface area contributed by atoms with Gasteiger partial charge in [0.2, 0.25) is 0 Å². The SMILES string of the molecule is CCCNCc1ccc2cc(O[C@H]3CC[C@H](C(C)(C)C)CC3)ccc2c1.